The molecule has 104 valence electrons. The van der Waals surface area contributed by atoms with Crippen molar-refractivity contribution in [3.63, 3.8) is 0 Å². The molecule has 0 spiro atoms. The van der Waals surface area contributed by atoms with E-state index in [2.05, 4.69) is 0 Å². The van der Waals surface area contributed by atoms with E-state index in [0.29, 0.717) is 16.7 Å². The molecule has 0 N–H and O–H groups in total. The molecule has 4 nitrogen and oxygen atoms in total. The van der Waals surface area contributed by atoms with Gasteiger partial charge in [0.2, 0.25) is 0 Å². The Hall–Kier alpha value is -2.75. The van der Waals surface area contributed by atoms with Crippen LogP contribution in [0.1, 0.15) is 0 Å². The summed E-state index contributed by atoms with van der Waals surface area (Å²) in [6.07, 6.45) is 0. The fraction of sp³-hybridized carbons (Fsp3) is 0.118. The van der Waals surface area contributed by atoms with Crippen molar-refractivity contribution in [1.82, 2.24) is 4.57 Å². The van der Waals surface area contributed by atoms with Gasteiger partial charge in [-0.05, 0) is 18.2 Å². The first kappa shape index (κ1) is 12.0. The van der Waals surface area contributed by atoms with Crippen molar-refractivity contribution >= 4 is 32.8 Å². The molecular weight excluding hydrogens is 266 g/mol. The maximum Gasteiger partial charge on any atom is 0.262 e. The first-order chi connectivity index (χ1) is 10.2. The minimum atomic E-state index is -0.0595. The number of furan rings is 1. The minimum Gasteiger partial charge on any atom is -0.497 e. The summed E-state index contributed by atoms with van der Waals surface area (Å²) in [6, 6.07) is 13.3. The van der Waals surface area contributed by atoms with Crippen LogP contribution in [0.25, 0.3) is 32.8 Å². The topological polar surface area (TPSA) is 44.4 Å². The van der Waals surface area contributed by atoms with Crippen molar-refractivity contribution in [3.05, 3.63) is 52.8 Å². The van der Waals surface area contributed by atoms with E-state index in [9.17, 15) is 4.79 Å². The zero-order chi connectivity index (χ0) is 14.6. The largest absolute Gasteiger partial charge is 0.497 e. The summed E-state index contributed by atoms with van der Waals surface area (Å²) < 4.78 is 12.8. The number of aromatic nitrogens is 1. The highest BCUT2D eigenvalue weighted by Gasteiger charge is 2.16. The SMILES string of the molecule is COc1ccc2c3oc4ccccc4c3c(=O)n(C)c2c1. The molecule has 0 aliphatic heterocycles. The standard InChI is InChI=1S/C17H13NO3/c1-18-13-9-10(20-2)7-8-11(13)16-15(17(18)19)12-5-3-4-6-14(12)21-16/h3-9H,1-2H3. The molecule has 2 heterocycles. The van der Waals surface area contributed by atoms with Gasteiger partial charge in [0.25, 0.3) is 5.56 Å². The molecule has 0 saturated carbocycles. The molecule has 4 rings (SSSR count). The van der Waals surface area contributed by atoms with E-state index < -0.39 is 0 Å². The molecule has 0 bridgehead atoms. The lowest BCUT2D eigenvalue weighted by Crippen LogP contribution is -2.16. The van der Waals surface area contributed by atoms with Crippen LogP contribution < -0.4 is 10.3 Å². The van der Waals surface area contributed by atoms with Crippen LogP contribution in [0.3, 0.4) is 0 Å². The van der Waals surface area contributed by atoms with E-state index in [-0.39, 0.29) is 5.56 Å². The average Bonchev–Trinajstić information content (AvgIpc) is 2.91. The van der Waals surface area contributed by atoms with Crippen LogP contribution in [0.5, 0.6) is 5.75 Å². The molecule has 0 saturated heterocycles. The number of aryl methyl sites for hydroxylation is 1. The zero-order valence-electron chi connectivity index (χ0n) is 11.7. The number of methoxy groups -OCH3 is 1. The van der Waals surface area contributed by atoms with Gasteiger partial charge < -0.3 is 13.7 Å². The van der Waals surface area contributed by atoms with Crippen molar-refractivity contribution < 1.29 is 9.15 Å². The Morgan fingerprint density at radius 2 is 1.90 bits per heavy atom. The first-order valence-corrected chi connectivity index (χ1v) is 6.68. The second-order valence-corrected chi connectivity index (χ2v) is 5.05. The van der Waals surface area contributed by atoms with Gasteiger partial charge >= 0.3 is 0 Å². The van der Waals surface area contributed by atoms with Gasteiger partial charge in [-0.15, -0.1) is 0 Å². The molecule has 0 amide bonds. The third kappa shape index (κ3) is 1.53. The van der Waals surface area contributed by atoms with Crippen molar-refractivity contribution in [2.45, 2.75) is 0 Å². The predicted molar refractivity (Wildman–Crippen MR) is 83.0 cm³/mol. The molecule has 4 aromatic rings. The number of fused-ring (bicyclic) bond motifs is 5. The summed E-state index contributed by atoms with van der Waals surface area (Å²) in [4.78, 5) is 12.7. The lowest BCUT2D eigenvalue weighted by molar-refractivity contribution is 0.415. The monoisotopic (exact) mass is 279 g/mol. The van der Waals surface area contributed by atoms with Gasteiger partial charge in [-0.1, -0.05) is 18.2 Å². The van der Waals surface area contributed by atoms with E-state index >= 15 is 0 Å². The van der Waals surface area contributed by atoms with Crippen molar-refractivity contribution in [2.75, 3.05) is 7.11 Å². The van der Waals surface area contributed by atoms with Crippen LogP contribution in [-0.4, -0.2) is 11.7 Å². The molecule has 2 aromatic heterocycles. The molecule has 0 unspecified atom stereocenters. The molecule has 4 heteroatoms. The van der Waals surface area contributed by atoms with Crippen LogP contribution in [0.4, 0.5) is 0 Å². The Labute approximate surface area is 120 Å². The summed E-state index contributed by atoms with van der Waals surface area (Å²) in [7, 11) is 3.38. The van der Waals surface area contributed by atoms with Crippen molar-refractivity contribution in [3.8, 4) is 5.75 Å². The maximum atomic E-state index is 12.7. The van der Waals surface area contributed by atoms with Gasteiger partial charge in [0, 0.05) is 23.9 Å². The Balaban J connectivity index is 2.32. The van der Waals surface area contributed by atoms with E-state index in [4.69, 9.17) is 9.15 Å². The van der Waals surface area contributed by atoms with E-state index in [1.807, 2.05) is 42.5 Å². The zero-order valence-corrected chi connectivity index (χ0v) is 11.7. The lowest BCUT2D eigenvalue weighted by Gasteiger charge is -2.07. The Morgan fingerprint density at radius 3 is 2.71 bits per heavy atom. The molecule has 0 aliphatic carbocycles. The minimum absolute atomic E-state index is 0.0595. The van der Waals surface area contributed by atoms with Crippen LogP contribution in [0.15, 0.2) is 51.7 Å². The maximum absolute atomic E-state index is 12.7. The Kier molecular flexibility index (Phi) is 2.36. The van der Waals surface area contributed by atoms with Crippen LogP contribution in [0, 0.1) is 0 Å². The molecule has 21 heavy (non-hydrogen) atoms. The fourth-order valence-corrected chi connectivity index (χ4v) is 2.83. The second-order valence-electron chi connectivity index (χ2n) is 5.05. The number of nitrogens with zero attached hydrogens (tertiary/aromatic N) is 1. The van der Waals surface area contributed by atoms with Crippen LogP contribution in [0.2, 0.25) is 0 Å². The summed E-state index contributed by atoms with van der Waals surface area (Å²) in [5.41, 5.74) is 2.10. The number of pyridine rings is 1. The second kappa shape index (κ2) is 4.12. The van der Waals surface area contributed by atoms with Crippen molar-refractivity contribution in [2.24, 2.45) is 7.05 Å². The number of hydrogen-bond donors (Lipinski definition) is 0. The van der Waals surface area contributed by atoms with Gasteiger partial charge in [-0.25, -0.2) is 0 Å². The highest BCUT2D eigenvalue weighted by Crippen LogP contribution is 2.32. The van der Waals surface area contributed by atoms with E-state index in [0.717, 1.165) is 21.9 Å². The third-order valence-electron chi connectivity index (χ3n) is 3.92. The fourth-order valence-electron chi connectivity index (χ4n) is 2.83. The number of rotatable bonds is 1. The van der Waals surface area contributed by atoms with Gasteiger partial charge in [-0.3, -0.25) is 4.79 Å². The molecular formula is C17H13NO3. The first-order valence-electron chi connectivity index (χ1n) is 6.68. The summed E-state index contributed by atoms with van der Waals surface area (Å²) in [5.74, 6) is 0.716. The quantitative estimate of drug-likeness (QED) is 0.536. The average molecular weight is 279 g/mol. The number of hydrogen-bond acceptors (Lipinski definition) is 3. The highest BCUT2D eigenvalue weighted by atomic mass is 16.5. The Bertz CT molecular complexity index is 1060. The summed E-state index contributed by atoms with van der Waals surface area (Å²) in [5, 5.41) is 2.39. The lowest BCUT2D eigenvalue weighted by atomic mass is 10.1. The molecule has 2 aromatic carbocycles. The third-order valence-corrected chi connectivity index (χ3v) is 3.92. The molecule has 0 aliphatic rings. The van der Waals surface area contributed by atoms with Gasteiger partial charge in [0.15, 0.2) is 0 Å². The summed E-state index contributed by atoms with van der Waals surface area (Å²) >= 11 is 0. The normalized spacial score (nSPS) is 11.5. The van der Waals surface area contributed by atoms with Crippen LogP contribution >= 0.6 is 0 Å². The smallest absolute Gasteiger partial charge is 0.262 e. The molecule has 0 radical (unpaired) electrons. The molecule has 0 atom stereocenters. The number of para-hydroxylation sites is 1. The van der Waals surface area contributed by atoms with E-state index in [1.54, 1.807) is 18.7 Å². The Morgan fingerprint density at radius 1 is 1.10 bits per heavy atom. The van der Waals surface area contributed by atoms with Crippen LogP contribution in [-0.2, 0) is 7.05 Å². The van der Waals surface area contributed by atoms with Gasteiger partial charge in [-0.2, -0.15) is 0 Å². The van der Waals surface area contributed by atoms with Gasteiger partial charge in [0.1, 0.15) is 16.9 Å². The van der Waals surface area contributed by atoms with Gasteiger partial charge in [0.05, 0.1) is 18.0 Å². The van der Waals surface area contributed by atoms with E-state index in [1.165, 1.54) is 0 Å². The number of benzene rings is 2. The predicted octanol–water partition coefficient (Wildman–Crippen LogP) is 3.45. The number of ether oxygens (including phenoxy) is 1. The van der Waals surface area contributed by atoms with Crippen molar-refractivity contribution in [1.29, 1.82) is 0 Å². The highest BCUT2D eigenvalue weighted by molar-refractivity contribution is 6.13. The molecule has 0 fully saturated rings. The summed E-state index contributed by atoms with van der Waals surface area (Å²) in [6.45, 7) is 0.